The van der Waals surface area contributed by atoms with Crippen LogP contribution >= 0.6 is 0 Å². The second-order valence-electron chi connectivity index (χ2n) is 1.45. The van der Waals surface area contributed by atoms with Crippen LogP contribution in [0.1, 0.15) is 6.92 Å². The minimum absolute atomic E-state index is 0.718. The van der Waals surface area contributed by atoms with Gasteiger partial charge in [0.15, 0.2) is 0 Å². The van der Waals surface area contributed by atoms with E-state index in [-0.39, 0.29) is 0 Å². The Bertz CT molecular complexity index is 30.6. The average Bonchev–Trinajstić information content (AvgIpc) is 1.30. The molecule has 1 saturated heterocycles. The summed E-state index contributed by atoms with van der Waals surface area (Å²) in [6, 6.07) is 0. The van der Waals surface area contributed by atoms with Gasteiger partial charge in [-0.3, -0.25) is 0 Å². The summed E-state index contributed by atoms with van der Waals surface area (Å²) in [5, 5.41) is 0. The van der Waals surface area contributed by atoms with Gasteiger partial charge in [0.1, 0.15) is 0 Å². The Morgan fingerprint density at radius 2 is 2.40 bits per heavy atom. The highest BCUT2D eigenvalue weighted by Gasteiger charge is 2.10. The Morgan fingerprint density at radius 3 is 2.40 bits per heavy atom. The van der Waals surface area contributed by atoms with Crippen molar-refractivity contribution < 1.29 is 4.74 Å². The molecule has 0 N–H and O–H groups in total. The zero-order chi connectivity index (χ0) is 3.70. The molecular weight excluding hydrogens is 64.0 g/mol. The van der Waals surface area contributed by atoms with Gasteiger partial charge < -0.3 is 4.74 Å². The smallest absolute Gasteiger partial charge is 0.0887 e. The molecule has 5 heavy (non-hydrogen) atoms. The van der Waals surface area contributed by atoms with Crippen LogP contribution in [-0.4, -0.2) is 6.61 Å². The SMILES string of the molecule is CC1[CH]OC1. The second kappa shape index (κ2) is 0.977. The quantitative estimate of drug-likeness (QED) is 0.410. The van der Waals surface area contributed by atoms with Crippen molar-refractivity contribution in [2.75, 3.05) is 6.61 Å². The highest BCUT2D eigenvalue weighted by atomic mass is 16.5. The molecule has 1 heterocycles. The predicted octanol–water partition coefficient (Wildman–Crippen LogP) is 0.814. The van der Waals surface area contributed by atoms with Crippen LogP contribution in [0.15, 0.2) is 0 Å². The lowest BCUT2D eigenvalue weighted by molar-refractivity contribution is 0.0459. The summed E-state index contributed by atoms with van der Waals surface area (Å²) in [6.07, 6.45) is 0. The molecule has 0 aromatic heterocycles. The molecule has 0 bridgehead atoms. The summed E-state index contributed by atoms with van der Waals surface area (Å²) >= 11 is 0. The maximum absolute atomic E-state index is 4.71. The lowest BCUT2D eigenvalue weighted by atomic mass is 10.2. The van der Waals surface area contributed by atoms with Crippen molar-refractivity contribution >= 4 is 0 Å². The average molecular weight is 71.1 g/mol. The third kappa shape index (κ3) is 0.428. The summed E-state index contributed by atoms with van der Waals surface area (Å²) in [5.74, 6) is 0.718. The van der Waals surface area contributed by atoms with Crippen LogP contribution in [0.5, 0.6) is 0 Å². The van der Waals surface area contributed by atoms with Gasteiger partial charge in [0, 0.05) is 5.92 Å². The molecule has 1 nitrogen and oxygen atoms in total. The molecule has 1 atom stereocenters. The van der Waals surface area contributed by atoms with E-state index in [0.29, 0.717) is 0 Å². The van der Waals surface area contributed by atoms with Crippen molar-refractivity contribution in [3.63, 3.8) is 0 Å². The molecule has 1 unspecified atom stereocenters. The van der Waals surface area contributed by atoms with E-state index in [9.17, 15) is 0 Å². The van der Waals surface area contributed by atoms with Crippen LogP contribution in [0.3, 0.4) is 0 Å². The summed E-state index contributed by atoms with van der Waals surface area (Å²) in [5.41, 5.74) is 0. The van der Waals surface area contributed by atoms with Gasteiger partial charge in [-0.05, 0) is 0 Å². The van der Waals surface area contributed by atoms with E-state index < -0.39 is 0 Å². The third-order valence-corrected chi connectivity index (χ3v) is 0.688. The highest BCUT2D eigenvalue weighted by molar-refractivity contribution is 4.70. The third-order valence-electron chi connectivity index (χ3n) is 0.688. The second-order valence-corrected chi connectivity index (χ2v) is 1.45. The molecule has 1 radical (unpaired) electrons. The number of hydrogen-bond acceptors (Lipinski definition) is 1. The Hall–Kier alpha value is -0.0400. The number of hydrogen-bond donors (Lipinski definition) is 0. The van der Waals surface area contributed by atoms with Gasteiger partial charge in [0.25, 0.3) is 0 Å². The van der Waals surface area contributed by atoms with Gasteiger partial charge >= 0.3 is 0 Å². The summed E-state index contributed by atoms with van der Waals surface area (Å²) in [7, 11) is 0. The van der Waals surface area contributed by atoms with Crippen LogP contribution in [0, 0.1) is 12.5 Å². The van der Waals surface area contributed by atoms with Crippen molar-refractivity contribution in [3.05, 3.63) is 6.61 Å². The fourth-order valence-electron chi connectivity index (χ4n) is 0.289. The van der Waals surface area contributed by atoms with Crippen LogP contribution in [-0.2, 0) is 4.74 Å². The molecule has 0 aromatic carbocycles. The maximum Gasteiger partial charge on any atom is 0.0887 e. The molecule has 0 saturated carbocycles. The molecule has 0 spiro atoms. The van der Waals surface area contributed by atoms with Crippen molar-refractivity contribution in [2.45, 2.75) is 6.92 Å². The zero-order valence-corrected chi connectivity index (χ0v) is 3.27. The predicted molar refractivity (Wildman–Crippen MR) is 19.4 cm³/mol. The maximum atomic E-state index is 4.71. The van der Waals surface area contributed by atoms with E-state index in [1.165, 1.54) is 0 Å². The van der Waals surface area contributed by atoms with Crippen LogP contribution in [0.4, 0.5) is 0 Å². The van der Waals surface area contributed by atoms with E-state index in [0.717, 1.165) is 12.5 Å². The van der Waals surface area contributed by atoms with Gasteiger partial charge in [-0.25, -0.2) is 0 Å². The Balaban J connectivity index is 2.08. The molecule has 0 aliphatic carbocycles. The topological polar surface area (TPSA) is 9.23 Å². The van der Waals surface area contributed by atoms with E-state index >= 15 is 0 Å². The Kier molecular flexibility index (Phi) is 0.618. The first-order valence-electron chi connectivity index (χ1n) is 1.84. The largest absolute Gasteiger partial charge is 0.375 e. The molecule has 1 fully saturated rings. The van der Waals surface area contributed by atoms with Crippen LogP contribution < -0.4 is 0 Å². The van der Waals surface area contributed by atoms with Gasteiger partial charge in [0.2, 0.25) is 0 Å². The first-order valence-corrected chi connectivity index (χ1v) is 1.84. The Morgan fingerprint density at radius 1 is 2.00 bits per heavy atom. The van der Waals surface area contributed by atoms with Crippen molar-refractivity contribution in [1.82, 2.24) is 0 Å². The van der Waals surface area contributed by atoms with Gasteiger partial charge in [0.05, 0.1) is 13.2 Å². The molecule has 1 aliphatic heterocycles. The summed E-state index contributed by atoms with van der Waals surface area (Å²) in [6.45, 7) is 4.91. The lowest BCUT2D eigenvalue weighted by Gasteiger charge is -2.19. The van der Waals surface area contributed by atoms with Gasteiger partial charge in [-0.15, -0.1) is 0 Å². The molecule has 1 rings (SSSR count). The van der Waals surface area contributed by atoms with E-state index in [4.69, 9.17) is 4.74 Å². The van der Waals surface area contributed by atoms with E-state index in [1.807, 2.05) is 6.61 Å². The molecular formula is C4H7O. The van der Waals surface area contributed by atoms with Crippen LogP contribution in [0.25, 0.3) is 0 Å². The van der Waals surface area contributed by atoms with E-state index in [1.54, 1.807) is 0 Å². The van der Waals surface area contributed by atoms with Gasteiger partial charge in [-0.2, -0.15) is 0 Å². The molecule has 0 amide bonds. The normalized spacial score (nSPS) is 25.8. The molecule has 0 aromatic rings. The Labute approximate surface area is 31.9 Å². The lowest BCUT2D eigenvalue weighted by Crippen LogP contribution is -2.17. The minimum Gasteiger partial charge on any atom is -0.375 e. The van der Waals surface area contributed by atoms with Crippen molar-refractivity contribution in [1.29, 1.82) is 0 Å². The molecule has 1 aliphatic rings. The summed E-state index contributed by atoms with van der Waals surface area (Å²) in [4.78, 5) is 0. The van der Waals surface area contributed by atoms with Crippen LogP contribution in [0.2, 0.25) is 0 Å². The van der Waals surface area contributed by atoms with Crippen molar-refractivity contribution in [3.8, 4) is 0 Å². The zero-order valence-electron chi connectivity index (χ0n) is 3.27. The first-order chi connectivity index (χ1) is 2.39. The summed E-state index contributed by atoms with van der Waals surface area (Å²) < 4.78 is 4.71. The van der Waals surface area contributed by atoms with Crippen molar-refractivity contribution in [2.24, 2.45) is 5.92 Å². The van der Waals surface area contributed by atoms with Gasteiger partial charge in [-0.1, -0.05) is 6.92 Å². The molecule has 29 valence electrons. The van der Waals surface area contributed by atoms with E-state index in [2.05, 4.69) is 6.92 Å². The fraction of sp³-hybridized carbons (Fsp3) is 0.750. The minimum atomic E-state index is 0.718. The molecule has 1 heteroatoms. The fourth-order valence-corrected chi connectivity index (χ4v) is 0.289. The first kappa shape index (κ1) is 3.16. The monoisotopic (exact) mass is 71.0 g/mol. The number of ether oxygens (including phenoxy) is 1. The highest BCUT2D eigenvalue weighted by Crippen LogP contribution is 2.11. The number of rotatable bonds is 0. The standard InChI is InChI=1S/C4H7O/c1-4-2-5-3-4/h2,4H,3H2,1H3.